The Morgan fingerprint density at radius 3 is 2.64 bits per heavy atom. The van der Waals surface area contributed by atoms with E-state index in [9.17, 15) is 0 Å². The maximum Gasteiger partial charge on any atom is 0.0658 e. The van der Waals surface area contributed by atoms with Crippen molar-refractivity contribution in [2.75, 3.05) is 17.7 Å². The minimum atomic E-state index is -0.389. The molecular formula is C10H15ClN2O. The molecule has 0 amide bonds. The number of rotatable bonds is 3. The lowest BCUT2D eigenvalue weighted by Gasteiger charge is -2.25. The van der Waals surface area contributed by atoms with Crippen molar-refractivity contribution < 1.29 is 5.11 Å². The van der Waals surface area contributed by atoms with Crippen LogP contribution in [0.25, 0.3) is 0 Å². The van der Waals surface area contributed by atoms with Gasteiger partial charge in [0.25, 0.3) is 0 Å². The van der Waals surface area contributed by atoms with Crippen LogP contribution in [0.3, 0.4) is 0 Å². The summed E-state index contributed by atoms with van der Waals surface area (Å²) < 4.78 is 0. The van der Waals surface area contributed by atoms with Crippen molar-refractivity contribution >= 4 is 23.0 Å². The fourth-order valence-electron chi connectivity index (χ4n) is 1.04. The second-order valence-electron chi connectivity index (χ2n) is 3.91. The predicted molar refractivity (Wildman–Crippen MR) is 60.7 cm³/mol. The molecule has 0 aliphatic heterocycles. The van der Waals surface area contributed by atoms with Crippen LogP contribution < -0.4 is 11.1 Å². The number of nitrogens with one attached hydrogen (secondary N) is 1. The smallest absolute Gasteiger partial charge is 0.0658 e. The fourth-order valence-corrected chi connectivity index (χ4v) is 1.27. The number of hydrogen-bond donors (Lipinski definition) is 3. The molecule has 0 heterocycles. The normalized spacial score (nSPS) is 11.4. The van der Waals surface area contributed by atoms with Crippen molar-refractivity contribution in [1.82, 2.24) is 0 Å². The van der Waals surface area contributed by atoms with E-state index in [-0.39, 0.29) is 12.1 Å². The molecule has 0 bridgehead atoms. The molecule has 0 atom stereocenters. The number of aliphatic hydroxyl groups is 1. The number of benzene rings is 1. The van der Waals surface area contributed by atoms with Gasteiger partial charge in [0.15, 0.2) is 0 Å². The largest absolute Gasteiger partial charge is 0.399 e. The monoisotopic (exact) mass is 214 g/mol. The summed E-state index contributed by atoms with van der Waals surface area (Å²) in [6.07, 6.45) is 0. The molecule has 78 valence electrons. The van der Waals surface area contributed by atoms with Crippen molar-refractivity contribution in [3.8, 4) is 0 Å². The number of halogens is 1. The van der Waals surface area contributed by atoms with Gasteiger partial charge in [-0.2, -0.15) is 0 Å². The van der Waals surface area contributed by atoms with Gasteiger partial charge in [0, 0.05) is 5.69 Å². The number of hydrogen-bond acceptors (Lipinski definition) is 3. The van der Waals surface area contributed by atoms with E-state index >= 15 is 0 Å². The number of anilines is 2. The van der Waals surface area contributed by atoms with Gasteiger partial charge in [0.2, 0.25) is 0 Å². The molecule has 0 saturated carbocycles. The Bertz CT molecular complexity index is 326. The van der Waals surface area contributed by atoms with E-state index in [4.69, 9.17) is 22.4 Å². The quantitative estimate of drug-likeness (QED) is 0.676. The molecule has 0 spiro atoms. The van der Waals surface area contributed by atoms with Crippen molar-refractivity contribution in [2.45, 2.75) is 19.4 Å². The maximum absolute atomic E-state index is 9.07. The Balaban J connectivity index is 2.87. The van der Waals surface area contributed by atoms with E-state index in [1.807, 2.05) is 13.8 Å². The molecule has 14 heavy (non-hydrogen) atoms. The van der Waals surface area contributed by atoms with Crippen molar-refractivity contribution in [3.05, 3.63) is 23.2 Å². The van der Waals surface area contributed by atoms with Gasteiger partial charge in [-0.25, -0.2) is 0 Å². The molecule has 0 unspecified atom stereocenters. The van der Waals surface area contributed by atoms with Crippen LogP contribution in [0.15, 0.2) is 18.2 Å². The molecule has 0 saturated heterocycles. The summed E-state index contributed by atoms with van der Waals surface area (Å²) in [4.78, 5) is 0. The van der Waals surface area contributed by atoms with E-state index in [0.29, 0.717) is 10.7 Å². The molecule has 3 nitrogen and oxygen atoms in total. The summed E-state index contributed by atoms with van der Waals surface area (Å²) in [5, 5.41) is 12.8. The lowest BCUT2D eigenvalue weighted by molar-refractivity contribution is 0.234. The highest BCUT2D eigenvalue weighted by molar-refractivity contribution is 6.33. The third kappa shape index (κ3) is 2.79. The van der Waals surface area contributed by atoms with Crippen LogP contribution in [0.2, 0.25) is 5.02 Å². The highest BCUT2D eigenvalue weighted by Gasteiger charge is 2.16. The molecule has 0 radical (unpaired) electrons. The highest BCUT2D eigenvalue weighted by Crippen LogP contribution is 2.26. The Morgan fingerprint density at radius 2 is 2.14 bits per heavy atom. The minimum absolute atomic E-state index is 0.0354. The summed E-state index contributed by atoms with van der Waals surface area (Å²) in [7, 11) is 0. The first-order chi connectivity index (χ1) is 6.44. The summed E-state index contributed by atoms with van der Waals surface area (Å²) in [6, 6.07) is 5.24. The third-order valence-corrected chi connectivity index (χ3v) is 2.17. The second kappa shape index (κ2) is 4.07. The first kappa shape index (κ1) is 11.1. The van der Waals surface area contributed by atoms with Crippen LogP contribution in [-0.4, -0.2) is 17.3 Å². The Morgan fingerprint density at radius 1 is 1.50 bits per heavy atom. The highest BCUT2D eigenvalue weighted by atomic mass is 35.5. The first-order valence-electron chi connectivity index (χ1n) is 4.39. The third-order valence-electron chi connectivity index (χ3n) is 1.86. The molecular weight excluding hydrogens is 200 g/mol. The summed E-state index contributed by atoms with van der Waals surface area (Å²) in [6.45, 7) is 3.81. The number of aliphatic hydroxyl groups excluding tert-OH is 1. The van der Waals surface area contributed by atoms with Gasteiger partial charge in [-0.05, 0) is 32.0 Å². The molecule has 0 aromatic heterocycles. The van der Waals surface area contributed by atoms with Gasteiger partial charge >= 0.3 is 0 Å². The van der Waals surface area contributed by atoms with E-state index in [0.717, 1.165) is 5.69 Å². The molecule has 0 aliphatic rings. The standard InChI is InChI=1S/C10H15ClN2O/c1-10(2,6-14)13-9-4-3-7(12)5-8(9)11/h3-5,13-14H,6,12H2,1-2H3. The summed E-state index contributed by atoms with van der Waals surface area (Å²) >= 11 is 5.97. The molecule has 1 aromatic rings. The average Bonchev–Trinajstić information content (AvgIpc) is 2.10. The molecule has 4 heteroatoms. The average molecular weight is 215 g/mol. The lowest BCUT2D eigenvalue weighted by Crippen LogP contribution is -2.34. The van der Waals surface area contributed by atoms with Crippen LogP contribution in [0.4, 0.5) is 11.4 Å². The SMILES string of the molecule is CC(C)(CO)Nc1ccc(N)cc1Cl. The van der Waals surface area contributed by atoms with Gasteiger partial charge in [-0.15, -0.1) is 0 Å². The van der Waals surface area contributed by atoms with Crippen molar-refractivity contribution in [1.29, 1.82) is 0 Å². The van der Waals surface area contributed by atoms with E-state index in [1.54, 1.807) is 18.2 Å². The van der Waals surface area contributed by atoms with Crippen LogP contribution in [0.1, 0.15) is 13.8 Å². The van der Waals surface area contributed by atoms with Gasteiger partial charge in [0.1, 0.15) is 0 Å². The van der Waals surface area contributed by atoms with Crippen LogP contribution >= 0.6 is 11.6 Å². The Kier molecular flexibility index (Phi) is 3.24. The van der Waals surface area contributed by atoms with Crippen LogP contribution in [0, 0.1) is 0 Å². The van der Waals surface area contributed by atoms with Crippen LogP contribution in [0.5, 0.6) is 0 Å². The number of nitrogens with two attached hydrogens (primary N) is 1. The molecule has 1 aromatic carbocycles. The van der Waals surface area contributed by atoms with Crippen molar-refractivity contribution in [3.63, 3.8) is 0 Å². The lowest BCUT2D eigenvalue weighted by atomic mass is 10.1. The molecule has 1 rings (SSSR count). The fraction of sp³-hybridized carbons (Fsp3) is 0.400. The maximum atomic E-state index is 9.07. The van der Waals surface area contributed by atoms with E-state index in [2.05, 4.69) is 5.32 Å². The zero-order valence-corrected chi connectivity index (χ0v) is 9.10. The van der Waals surface area contributed by atoms with Gasteiger partial charge in [-0.3, -0.25) is 0 Å². The topological polar surface area (TPSA) is 58.3 Å². The van der Waals surface area contributed by atoms with Gasteiger partial charge in [0.05, 0.1) is 22.9 Å². The first-order valence-corrected chi connectivity index (χ1v) is 4.76. The van der Waals surface area contributed by atoms with Crippen molar-refractivity contribution in [2.24, 2.45) is 0 Å². The zero-order chi connectivity index (χ0) is 10.8. The van der Waals surface area contributed by atoms with Gasteiger partial charge < -0.3 is 16.2 Å². The Hall–Kier alpha value is -0.930. The molecule has 4 N–H and O–H groups in total. The Labute approximate surface area is 88.9 Å². The summed E-state index contributed by atoms with van der Waals surface area (Å²) in [5.41, 5.74) is 6.58. The van der Waals surface area contributed by atoms with Gasteiger partial charge in [-0.1, -0.05) is 11.6 Å². The zero-order valence-electron chi connectivity index (χ0n) is 8.34. The predicted octanol–water partition coefficient (Wildman–Crippen LogP) is 2.10. The second-order valence-corrected chi connectivity index (χ2v) is 4.31. The molecule has 0 fully saturated rings. The molecule has 0 aliphatic carbocycles. The van der Waals surface area contributed by atoms with E-state index in [1.165, 1.54) is 0 Å². The minimum Gasteiger partial charge on any atom is -0.399 e. The van der Waals surface area contributed by atoms with E-state index < -0.39 is 0 Å². The summed E-state index contributed by atoms with van der Waals surface area (Å²) in [5.74, 6) is 0. The van der Waals surface area contributed by atoms with Crippen LogP contribution in [-0.2, 0) is 0 Å². The number of nitrogen functional groups attached to an aromatic ring is 1.